The van der Waals surface area contributed by atoms with Crippen LogP contribution in [0, 0.1) is 10.1 Å². The van der Waals surface area contributed by atoms with Crippen LogP contribution in [0.2, 0.25) is 5.15 Å². The Morgan fingerprint density at radius 2 is 2.10 bits per heavy atom. The molecule has 1 aromatic heterocycles. The highest BCUT2D eigenvalue weighted by molar-refractivity contribution is 6.32. The molecule has 1 rings (SSSR count). The van der Waals surface area contributed by atoms with Gasteiger partial charge in [-0.15, -0.1) is 0 Å². The number of amides is 2. The summed E-state index contributed by atoms with van der Waals surface area (Å²) in [7, 11) is 0. The Kier molecular flexibility index (Phi) is 6.54. The first-order valence-corrected chi connectivity index (χ1v) is 6.69. The van der Waals surface area contributed by atoms with Gasteiger partial charge in [0, 0.05) is 25.7 Å². The smallest absolute Gasteiger partial charge is 0.319 e. The molecule has 1 aromatic rings. The summed E-state index contributed by atoms with van der Waals surface area (Å²) in [4.78, 5) is 36.9. The molecule has 1 heterocycles. The molecular weight excluding hydrogens is 300 g/mol. The monoisotopic (exact) mass is 314 g/mol. The first-order chi connectivity index (χ1) is 9.97. The summed E-state index contributed by atoms with van der Waals surface area (Å²) in [5.74, 6) is -0.867. The minimum atomic E-state index is -0.766. The zero-order chi connectivity index (χ0) is 15.8. The third kappa shape index (κ3) is 4.99. The van der Waals surface area contributed by atoms with Crippen LogP contribution in [-0.4, -0.2) is 34.8 Å². The molecule has 9 heteroatoms. The van der Waals surface area contributed by atoms with Crippen LogP contribution < -0.4 is 10.6 Å². The number of pyridine rings is 1. The van der Waals surface area contributed by atoms with Gasteiger partial charge in [-0.25, -0.2) is 4.98 Å². The number of carbonyl (C=O) groups is 2. The molecule has 0 fully saturated rings. The van der Waals surface area contributed by atoms with Gasteiger partial charge in [0.2, 0.25) is 11.1 Å². The standard InChI is InChI=1S/C12H15ClN4O4/c1-2-5-14-9(18)4-7-16-12(19)8-3-6-15-11(13)10(8)17(20)21/h3,6H,2,4-5,7H2,1H3,(H,14,18)(H,16,19). The van der Waals surface area contributed by atoms with Gasteiger partial charge in [-0.3, -0.25) is 19.7 Å². The largest absolute Gasteiger partial charge is 0.356 e. The lowest BCUT2D eigenvalue weighted by Gasteiger charge is -2.06. The molecule has 0 saturated carbocycles. The van der Waals surface area contributed by atoms with Crippen LogP contribution in [0.4, 0.5) is 5.69 Å². The summed E-state index contributed by atoms with van der Waals surface area (Å²) in [5.41, 5.74) is -0.735. The second kappa shape index (κ2) is 8.15. The molecule has 0 atom stereocenters. The lowest BCUT2D eigenvalue weighted by atomic mass is 10.2. The highest BCUT2D eigenvalue weighted by Crippen LogP contribution is 2.25. The Morgan fingerprint density at radius 1 is 1.38 bits per heavy atom. The number of nitro groups is 1. The van der Waals surface area contributed by atoms with E-state index in [2.05, 4.69) is 15.6 Å². The molecule has 0 bridgehead atoms. The van der Waals surface area contributed by atoms with E-state index in [0.29, 0.717) is 6.54 Å². The quantitative estimate of drug-likeness (QED) is 0.447. The van der Waals surface area contributed by atoms with Crippen molar-refractivity contribution in [3.8, 4) is 0 Å². The zero-order valence-electron chi connectivity index (χ0n) is 11.4. The maximum absolute atomic E-state index is 11.9. The van der Waals surface area contributed by atoms with E-state index >= 15 is 0 Å². The molecule has 0 radical (unpaired) electrons. The normalized spacial score (nSPS) is 10.0. The maximum atomic E-state index is 11.9. The molecule has 0 unspecified atom stereocenters. The number of carbonyl (C=O) groups excluding carboxylic acids is 2. The predicted octanol–water partition coefficient (Wildman–Crippen LogP) is 1.29. The first-order valence-electron chi connectivity index (χ1n) is 6.31. The summed E-state index contributed by atoms with van der Waals surface area (Å²) in [5, 5.41) is 15.6. The SMILES string of the molecule is CCCNC(=O)CCNC(=O)c1ccnc(Cl)c1[N+](=O)[O-]. The molecule has 0 saturated heterocycles. The fourth-order valence-electron chi connectivity index (χ4n) is 1.52. The fourth-order valence-corrected chi connectivity index (χ4v) is 1.75. The van der Waals surface area contributed by atoms with Crippen molar-refractivity contribution in [2.75, 3.05) is 13.1 Å². The van der Waals surface area contributed by atoms with Gasteiger partial charge in [-0.1, -0.05) is 18.5 Å². The number of rotatable bonds is 7. The molecule has 2 amide bonds. The Labute approximate surface area is 126 Å². The summed E-state index contributed by atoms with van der Waals surface area (Å²) in [6.07, 6.45) is 2.12. The van der Waals surface area contributed by atoms with Crippen molar-refractivity contribution in [2.24, 2.45) is 0 Å². The molecule has 114 valence electrons. The number of hydrogen-bond donors (Lipinski definition) is 2. The van der Waals surface area contributed by atoms with Crippen molar-refractivity contribution in [3.05, 3.63) is 33.1 Å². The number of halogens is 1. The van der Waals surface area contributed by atoms with E-state index in [-0.39, 0.29) is 29.6 Å². The summed E-state index contributed by atoms with van der Waals surface area (Å²) in [6.45, 7) is 2.57. The van der Waals surface area contributed by atoms with Gasteiger partial charge in [-0.2, -0.15) is 0 Å². The third-order valence-corrected chi connectivity index (χ3v) is 2.79. The third-order valence-electron chi connectivity index (χ3n) is 2.52. The summed E-state index contributed by atoms with van der Waals surface area (Å²) >= 11 is 5.61. The van der Waals surface area contributed by atoms with E-state index in [1.165, 1.54) is 12.3 Å². The van der Waals surface area contributed by atoms with Crippen molar-refractivity contribution >= 4 is 29.1 Å². The van der Waals surface area contributed by atoms with Crippen molar-refractivity contribution in [2.45, 2.75) is 19.8 Å². The van der Waals surface area contributed by atoms with Crippen molar-refractivity contribution in [1.29, 1.82) is 0 Å². The second-order valence-corrected chi connectivity index (χ2v) is 4.47. The Hall–Kier alpha value is -2.22. The van der Waals surface area contributed by atoms with Crippen LogP contribution in [0.5, 0.6) is 0 Å². The highest BCUT2D eigenvalue weighted by Gasteiger charge is 2.24. The zero-order valence-corrected chi connectivity index (χ0v) is 12.1. The highest BCUT2D eigenvalue weighted by atomic mass is 35.5. The van der Waals surface area contributed by atoms with Gasteiger partial charge < -0.3 is 10.6 Å². The molecule has 0 aliphatic rings. The van der Waals surface area contributed by atoms with E-state index in [1.807, 2.05) is 6.92 Å². The minimum Gasteiger partial charge on any atom is -0.356 e. The second-order valence-electron chi connectivity index (χ2n) is 4.11. The van der Waals surface area contributed by atoms with E-state index in [9.17, 15) is 19.7 Å². The van der Waals surface area contributed by atoms with Gasteiger partial charge in [0.15, 0.2) is 0 Å². The lowest BCUT2D eigenvalue weighted by Crippen LogP contribution is -2.31. The van der Waals surface area contributed by atoms with E-state index in [1.54, 1.807) is 0 Å². The average Bonchev–Trinajstić information content (AvgIpc) is 2.44. The Morgan fingerprint density at radius 3 is 2.71 bits per heavy atom. The molecule has 0 aliphatic carbocycles. The summed E-state index contributed by atoms with van der Waals surface area (Å²) < 4.78 is 0. The maximum Gasteiger partial charge on any atom is 0.319 e. The Balaban J connectivity index is 2.63. The Bertz CT molecular complexity index is 550. The molecule has 8 nitrogen and oxygen atoms in total. The molecule has 0 aliphatic heterocycles. The first kappa shape index (κ1) is 16.8. The minimum absolute atomic E-state index is 0.0749. The number of hydrogen-bond acceptors (Lipinski definition) is 5. The van der Waals surface area contributed by atoms with Crippen LogP contribution in [0.15, 0.2) is 12.3 Å². The number of nitrogens with one attached hydrogen (secondary N) is 2. The predicted molar refractivity (Wildman–Crippen MR) is 76.2 cm³/mol. The van der Waals surface area contributed by atoms with Crippen LogP contribution in [-0.2, 0) is 4.79 Å². The average molecular weight is 315 g/mol. The van der Waals surface area contributed by atoms with Gasteiger partial charge in [0.05, 0.1) is 4.92 Å². The number of aromatic nitrogens is 1. The van der Waals surface area contributed by atoms with Crippen LogP contribution in [0.3, 0.4) is 0 Å². The van der Waals surface area contributed by atoms with Crippen LogP contribution in [0.1, 0.15) is 30.1 Å². The van der Waals surface area contributed by atoms with Crippen molar-refractivity contribution in [3.63, 3.8) is 0 Å². The van der Waals surface area contributed by atoms with Gasteiger partial charge >= 0.3 is 5.69 Å². The van der Waals surface area contributed by atoms with Gasteiger partial charge in [-0.05, 0) is 12.5 Å². The van der Waals surface area contributed by atoms with Crippen molar-refractivity contribution in [1.82, 2.24) is 15.6 Å². The van der Waals surface area contributed by atoms with Gasteiger partial charge in [0.1, 0.15) is 5.56 Å². The topological polar surface area (TPSA) is 114 Å². The summed E-state index contributed by atoms with van der Waals surface area (Å²) in [6, 6.07) is 1.20. The molecule has 0 spiro atoms. The molecule has 2 N–H and O–H groups in total. The van der Waals surface area contributed by atoms with Crippen molar-refractivity contribution < 1.29 is 14.5 Å². The van der Waals surface area contributed by atoms with E-state index < -0.39 is 16.5 Å². The fraction of sp³-hybridized carbons (Fsp3) is 0.417. The molecular formula is C12H15ClN4O4. The lowest BCUT2D eigenvalue weighted by molar-refractivity contribution is -0.385. The van der Waals surface area contributed by atoms with E-state index in [0.717, 1.165) is 6.42 Å². The van der Waals surface area contributed by atoms with Crippen LogP contribution >= 0.6 is 11.6 Å². The molecule has 21 heavy (non-hydrogen) atoms. The van der Waals surface area contributed by atoms with Gasteiger partial charge in [0.25, 0.3) is 5.91 Å². The molecule has 0 aromatic carbocycles. The number of nitrogens with zero attached hydrogens (tertiary/aromatic N) is 2. The van der Waals surface area contributed by atoms with E-state index in [4.69, 9.17) is 11.6 Å². The van der Waals surface area contributed by atoms with Crippen LogP contribution in [0.25, 0.3) is 0 Å².